The largest absolute Gasteiger partial charge is 2.00 e. The van der Waals surface area contributed by atoms with Crippen molar-refractivity contribution in [1.82, 2.24) is 9.80 Å². The van der Waals surface area contributed by atoms with E-state index in [0.29, 0.717) is 39.3 Å². The van der Waals surface area contributed by atoms with Gasteiger partial charge in [-0.3, -0.25) is 100 Å². The van der Waals surface area contributed by atoms with Crippen LogP contribution in [0.4, 0.5) is 34.1 Å². The van der Waals surface area contributed by atoms with Gasteiger partial charge in [0.1, 0.15) is 0 Å². The van der Waals surface area contributed by atoms with Crippen LogP contribution < -0.4 is 30.6 Å². The second-order valence-electron chi connectivity index (χ2n) is 18.4. The smallest absolute Gasteiger partial charge is 0.872 e. The molecule has 0 bridgehead atoms. The molecule has 496 valence electrons. The predicted octanol–water partition coefficient (Wildman–Crippen LogP) is 4.76. The van der Waals surface area contributed by atoms with E-state index in [1.165, 1.54) is 58.1 Å². The summed E-state index contributed by atoms with van der Waals surface area (Å²) in [4.78, 5) is 91.1. The van der Waals surface area contributed by atoms with Gasteiger partial charge in [-0.05, 0) is 33.4 Å². The quantitative estimate of drug-likeness (QED) is 0.0254. The molecule has 6 aromatic rings. The van der Waals surface area contributed by atoms with Crippen molar-refractivity contribution in [2.24, 2.45) is 30.0 Å². The van der Waals surface area contributed by atoms with Gasteiger partial charge in [0.05, 0.1) is 87.0 Å². The van der Waals surface area contributed by atoms with E-state index in [-0.39, 0.29) is 165 Å². The number of hydrogen-bond donors (Lipinski definition) is 0. The minimum Gasteiger partial charge on any atom is -0.872 e. The number of aliphatic imine (C=N–C) groups is 6. The van der Waals surface area contributed by atoms with Crippen molar-refractivity contribution in [3.63, 3.8) is 0 Å². The Morgan fingerprint density at radius 3 is 0.541 bits per heavy atom. The van der Waals surface area contributed by atoms with Gasteiger partial charge in [0.2, 0.25) is 0 Å². The fraction of sp³-hybridized carbons (Fsp3) is 0.250. The number of nitro benzene ring substituents is 6. The fourth-order valence-electron chi connectivity index (χ4n) is 7.34. The zero-order chi connectivity index (χ0) is 70.8. The van der Waals surface area contributed by atoms with E-state index in [1.807, 2.05) is 9.80 Å². The summed E-state index contributed by atoms with van der Waals surface area (Å²) in [7, 11) is 0. The van der Waals surface area contributed by atoms with Crippen LogP contribution in [0, 0.1) is 94.7 Å². The molecule has 0 aliphatic heterocycles. The molecule has 6 rings (SSSR count). The summed E-state index contributed by atoms with van der Waals surface area (Å²) in [5.41, 5.74) is -1.09. The molecule has 0 aliphatic carbocycles. The van der Waals surface area contributed by atoms with Gasteiger partial charge in [0.15, 0.2) is 0 Å². The Bertz CT molecular complexity index is 3320. The molecule has 0 aliphatic rings. The maximum atomic E-state index is 12.0. The van der Waals surface area contributed by atoms with Crippen molar-refractivity contribution in [3.05, 3.63) is 203 Å². The maximum absolute atomic E-state index is 12.0. The van der Waals surface area contributed by atoms with Crippen molar-refractivity contribution in [1.29, 1.82) is 15.8 Å². The van der Waals surface area contributed by atoms with E-state index in [9.17, 15) is 91.3 Å². The fourth-order valence-corrected chi connectivity index (χ4v) is 7.34. The number of hydrogen-bond acceptors (Lipinski definition) is 29. The van der Waals surface area contributed by atoms with Crippen molar-refractivity contribution in [3.8, 4) is 52.7 Å². The minimum atomic E-state index is -0.619. The molecule has 38 heteroatoms. The van der Waals surface area contributed by atoms with Gasteiger partial charge in [0.25, 0.3) is 34.1 Å². The topological polar surface area (TPSA) is 549 Å². The zero-order valence-corrected chi connectivity index (χ0v) is 61.8. The third-order valence-corrected chi connectivity index (χ3v) is 11.9. The molecule has 0 N–H and O–H groups in total. The average Bonchev–Trinajstić information content (AvgIpc) is 0.944. The summed E-state index contributed by atoms with van der Waals surface area (Å²) >= 11 is 0. The molecule has 6 aromatic carbocycles. The van der Waals surface area contributed by atoms with Crippen molar-refractivity contribution in [2.45, 2.75) is 20.8 Å². The van der Waals surface area contributed by atoms with Gasteiger partial charge < -0.3 is 30.6 Å². The number of non-ortho nitro benzene ring substituents is 6. The Kier molecular flexibility index (Phi) is 44.8. The maximum Gasteiger partial charge on any atom is 2.00 e. The predicted molar refractivity (Wildman–Crippen MR) is 337 cm³/mol. The van der Waals surface area contributed by atoms with Gasteiger partial charge in [-0.25, -0.2) is 0 Å². The second-order valence-corrected chi connectivity index (χ2v) is 18.4. The second kappa shape index (κ2) is 49.4. The van der Waals surface area contributed by atoms with Crippen LogP contribution in [0.1, 0.15) is 54.2 Å². The summed E-state index contributed by atoms with van der Waals surface area (Å²) in [5, 5.41) is 160. The Morgan fingerprint density at radius 1 is 0.306 bits per heavy atom. The van der Waals surface area contributed by atoms with Crippen LogP contribution >= 0.6 is 0 Å². The van der Waals surface area contributed by atoms with Crippen LogP contribution in [-0.2, 0) is 58.4 Å². The van der Waals surface area contributed by atoms with Gasteiger partial charge in [-0.1, -0.05) is 70.9 Å². The van der Waals surface area contributed by atoms with Crippen molar-refractivity contribution >= 4 is 71.4 Å². The van der Waals surface area contributed by atoms with Crippen LogP contribution in [0.25, 0.3) is 0 Å². The summed E-state index contributed by atoms with van der Waals surface area (Å²) in [5.74, 6) is -2.54. The summed E-state index contributed by atoms with van der Waals surface area (Å²) in [6, 6.07) is 25.2. The molecule has 0 saturated carbocycles. The molecule has 0 aromatic heterocycles. The van der Waals surface area contributed by atoms with Crippen LogP contribution in [0.2, 0.25) is 0 Å². The third kappa shape index (κ3) is 33.8. The summed E-state index contributed by atoms with van der Waals surface area (Å²) in [6.07, 6.45) is 7.50. The molecule has 0 heterocycles. The van der Waals surface area contributed by atoms with E-state index in [1.54, 1.807) is 18.2 Å². The first kappa shape index (κ1) is 88.9. The first-order chi connectivity index (χ1) is 45.3. The number of nitro groups is 6. The third-order valence-electron chi connectivity index (χ3n) is 11.9. The molecule has 0 saturated heterocycles. The number of rotatable bonds is 30. The molecular formula is C60H57N17O18Zn3. The van der Waals surface area contributed by atoms with Crippen LogP contribution in [-0.4, -0.2) is 155 Å². The molecule has 98 heavy (non-hydrogen) atoms. The molecular weight excluding hydrogens is 1440 g/mol. The number of nitrogens with zero attached hydrogens (tertiary/aromatic N) is 17. The van der Waals surface area contributed by atoms with Crippen LogP contribution in [0.15, 0.2) is 139 Å². The van der Waals surface area contributed by atoms with Gasteiger partial charge in [-0.2, -0.15) is 15.8 Å². The molecule has 0 unspecified atom stereocenters. The van der Waals surface area contributed by atoms with Crippen LogP contribution in [0.5, 0.6) is 34.5 Å². The van der Waals surface area contributed by atoms with E-state index < -0.39 is 64.0 Å². The van der Waals surface area contributed by atoms with Crippen molar-refractivity contribution in [2.75, 3.05) is 78.5 Å². The molecule has 0 spiro atoms. The van der Waals surface area contributed by atoms with Gasteiger partial charge in [0, 0.05) is 170 Å². The van der Waals surface area contributed by atoms with E-state index in [0.717, 1.165) is 109 Å². The number of nitriles is 3. The van der Waals surface area contributed by atoms with E-state index in [4.69, 9.17) is 15.8 Å². The molecule has 0 atom stereocenters. The first-order valence-corrected chi connectivity index (χ1v) is 27.4. The normalized spacial score (nSPS) is 10.5. The molecule has 0 amide bonds. The Morgan fingerprint density at radius 2 is 0.429 bits per heavy atom. The Labute approximate surface area is 597 Å². The first-order valence-electron chi connectivity index (χ1n) is 27.4. The SMILES string of the molecule is CC#N.CC#N.CC#N.O=[N+]([O-])c1ccc([O-])c(C=NCCN(CCN=Cc2cc([N+](=O)[O-])ccc2[O-])CCN=Cc2cc([N+](=O)[O-])ccc2[O-])c1.O=[N+]([O-])c1ccc([O-])c(C=NCCN(CCN=Cc2cc([N+](=O)[O-])ccc2[O-])CCN=Cc2cc([N+](=O)[O-])ccc2[O-])c1.[Zn+2].[Zn+2].[Zn+2]. The Hall–Kier alpha value is -11.2. The minimum absolute atomic E-state index is 0. The summed E-state index contributed by atoms with van der Waals surface area (Å²) < 4.78 is 0. The van der Waals surface area contributed by atoms with Crippen molar-refractivity contribution < 1.29 is 119 Å². The van der Waals surface area contributed by atoms with Gasteiger partial charge in [-0.15, -0.1) is 0 Å². The monoisotopic (exact) mass is 1500 g/mol. The summed E-state index contributed by atoms with van der Waals surface area (Å²) in [6.45, 7) is 7.53. The molecule has 35 nitrogen and oxygen atoms in total. The number of benzene rings is 6. The van der Waals surface area contributed by atoms with E-state index >= 15 is 0 Å². The van der Waals surface area contributed by atoms with Gasteiger partial charge >= 0.3 is 58.4 Å². The average molecular weight is 1500 g/mol. The van der Waals surface area contributed by atoms with E-state index in [2.05, 4.69) is 30.0 Å². The molecule has 0 radical (unpaired) electrons. The molecule has 0 fully saturated rings. The van der Waals surface area contributed by atoms with Crippen LogP contribution in [0.3, 0.4) is 0 Å². The Balaban J connectivity index is 0. The standard InChI is InChI=1S/2C27H27N7O9.3C2H3N.3Zn/c2*35-25-4-1-22(32(38)39)13-19(25)16-28-7-10-31(11-8-29-17-20-14-23(33(40)41)2-5-26(20)36)12-9-30-18-21-15-24(34(42)43)3-6-27(21)37;3*1-2-3;;;/h2*1-6,13-18,35-37H,7-12H2;3*1H3;;;/q;;;;;3*+2/p-6. The zero-order valence-electron chi connectivity index (χ0n) is 52.9.